The van der Waals surface area contributed by atoms with Crippen LogP contribution in [0.1, 0.15) is 17.5 Å². The summed E-state index contributed by atoms with van der Waals surface area (Å²) < 4.78 is 5.67. The van der Waals surface area contributed by atoms with Gasteiger partial charge in [0.2, 0.25) is 5.91 Å². The van der Waals surface area contributed by atoms with Crippen molar-refractivity contribution in [3.05, 3.63) is 69.2 Å². The van der Waals surface area contributed by atoms with Crippen LogP contribution < -0.4 is 10.6 Å². The number of carbonyl (C=O) groups is 3. The van der Waals surface area contributed by atoms with Crippen molar-refractivity contribution >= 4 is 45.5 Å². The second-order valence-corrected chi connectivity index (χ2v) is 7.99. The molecular formula is C21H22BrClN2O6. The zero-order valence-electron chi connectivity index (χ0n) is 16.4. The molecule has 2 rings (SSSR count). The van der Waals surface area contributed by atoms with Gasteiger partial charge in [0.15, 0.2) is 0 Å². The molecule has 2 aromatic carbocycles. The molecule has 0 aliphatic carbocycles. The fourth-order valence-corrected chi connectivity index (χ4v) is 3.24. The summed E-state index contributed by atoms with van der Waals surface area (Å²) in [5.41, 5.74) is 1.42. The van der Waals surface area contributed by atoms with Crippen molar-refractivity contribution in [2.24, 2.45) is 0 Å². The molecule has 2 amide bonds. The van der Waals surface area contributed by atoms with Gasteiger partial charge in [-0.1, -0.05) is 57.9 Å². The minimum atomic E-state index is -1.22. The third-order valence-corrected chi connectivity index (χ3v) is 5.19. The Bertz CT molecular complexity index is 912. The Morgan fingerprint density at radius 3 is 2.52 bits per heavy atom. The monoisotopic (exact) mass is 512 g/mol. The molecule has 0 fully saturated rings. The van der Waals surface area contributed by atoms with E-state index in [1.54, 1.807) is 30.3 Å². The molecule has 10 heteroatoms. The highest BCUT2D eigenvalue weighted by atomic mass is 79.9. The molecule has 31 heavy (non-hydrogen) atoms. The van der Waals surface area contributed by atoms with Crippen LogP contribution in [0.2, 0.25) is 5.02 Å². The minimum absolute atomic E-state index is 0.00235. The molecule has 4 N–H and O–H groups in total. The fraction of sp³-hybridized carbons (Fsp3) is 0.286. The Balaban J connectivity index is 1.77. The normalized spacial score (nSPS) is 12.5. The van der Waals surface area contributed by atoms with Crippen LogP contribution in [0, 0.1) is 0 Å². The number of carbonyl (C=O) groups excluding carboxylic acids is 2. The van der Waals surface area contributed by atoms with Crippen LogP contribution in [0.3, 0.4) is 0 Å². The predicted molar refractivity (Wildman–Crippen MR) is 118 cm³/mol. The first kappa shape index (κ1) is 24.6. The molecule has 0 spiro atoms. The van der Waals surface area contributed by atoms with Gasteiger partial charge in [-0.05, 0) is 29.3 Å². The first-order valence-corrected chi connectivity index (χ1v) is 10.5. The summed E-state index contributed by atoms with van der Waals surface area (Å²) in [6, 6.07) is 12.8. The van der Waals surface area contributed by atoms with Gasteiger partial charge in [0.25, 0.3) is 0 Å². The van der Waals surface area contributed by atoms with E-state index in [-0.39, 0.29) is 26.0 Å². The second-order valence-electron chi connectivity index (χ2n) is 6.70. The van der Waals surface area contributed by atoms with Crippen LogP contribution in [0.4, 0.5) is 4.79 Å². The van der Waals surface area contributed by atoms with Gasteiger partial charge < -0.3 is 25.6 Å². The zero-order valence-corrected chi connectivity index (χ0v) is 18.7. The summed E-state index contributed by atoms with van der Waals surface area (Å²) in [5, 5.41) is 24.5. The molecule has 8 nitrogen and oxygen atoms in total. The van der Waals surface area contributed by atoms with Crippen molar-refractivity contribution in [1.82, 2.24) is 10.6 Å². The number of aliphatic carboxylic acids is 1. The van der Waals surface area contributed by atoms with Gasteiger partial charge in [-0.15, -0.1) is 0 Å². The minimum Gasteiger partial charge on any atom is -0.480 e. The van der Waals surface area contributed by atoms with Gasteiger partial charge in [0.05, 0.1) is 12.5 Å². The van der Waals surface area contributed by atoms with Crippen LogP contribution in [-0.2, 0) is 27.4 Å². The van der Waals surface area contributed by atoms with Crippen molar-refractivity contribution in [2.75, 3.05) is 6.54 Å². The first-order chi connectivity index (χ1) is 14.7. The number of ether oxygens (including phenoxy) is 1. The van der Waals surface area contributed by atoms with Gasteiger partial charge in [-0.2, -0.15) is 0 Å². The lowest BCUT2D eigenvalue weighted by Gasteiger charge is -2.17. The first-order valence-electron chi connectivity index (χ1n) is 9.33. The SMILES string of the molecule is O=C(C[C@H](O)CNC(=O)OCc1ccccc1)N[C@@H](Cc1cc(Cl)ccc1Br)C(=O)O. The van der Waals surface area contributed by atoms with Crippen molar-refractivity contribution in [3.8, 4) is 0 Å². The van der Waals surface area contributed by atoms with Crippen molar-refractivity contribution in [1.29, 1.82) is 0 Å². The number of alkyl carbamates (subject to hydrolysis) is 1. The van der Waals surface area contributed by atoms with Crippen LogP contribution in [0.25, 0.3) is 0 Å². The number of aliphatic hydroxyl groups excluding tert-OH is 1. The number of hydrogen-bond donors (Lipinski definition) is 4. The number of aliphatic hydroxyl groups is 1. The Labute approximate surface area is 192 Å². The Hall–Kier alpha value is -2.62. The van der Waals surface area contributed by atoms with Gasteiger partial charge in [0, 0.05) is 22.5 Å². The van der Waals surface area contributed by atoms with Crippen molar-refractivity contribution < 1.29 is 29.3 Å². The van der Waals surface area contributed by atoms with E-state index in [1.165, 1.54) is 0 Å². The van der Waals surface area contributed by atoms with Crippen molar-refractivity contribution in [3.63, 3.8) is 0 Å². The van der Waals surface area contributed by atoms with E-state index >= 15 is 0 Å². The molecule has 0 aromatic heterocycles. The summed E-state index contributed by atoms with van der Waals surface area (Å²) in [4.78, 5) is 35.4. The summed E-state index contributed by atoms with van der Waals surface area (Å²) >= 11 is 9.26. The maximum absolute atomic E-state index is 12.1. The van der Waals surface area contributed by atoms with E-state index in [0.717, 1.165) is 5.56 Å². The van der Waals surface area contributed by atoms with Crippen LogP contribution in [0.5, 0.6) is 0 Å². The number of rotatable bonds is 10. The number of halogens is 2. The average molecular weight is 514 g/mol. The topological polar surface area (TPSA) is 125 Å². The molecule has 0 radical (unpaired) electrons. The lowest BCUT2D eigenvalue weighted by Crippen LogP contribution is -2.44. The smallest absolute Gasteiger partial charge is 0.407 e. The van der Waals surface area contributed by atoms with Gasteiger partial charge in [-0.3, -0.25) is 4.79 Å². The number of hydrogen-bond acceptors (Lipinski definition) is 5. The third kappa shape index (κ3) is 8.95. The third-order valence-electron chi connectivity index (χ3n) is 4.18. The highest BCUT2D eigenvalue weighted by molar-refractivity contribution is 9.10. The molecular weight excluding hydrogens is 492 g/mol. The lowest BCUT2D eigenvalue weighted by atomic mass is 10.1. The molecule has 0 unspecified atom stereocenters. The maximum Gasteiger partial charge on any atom is 0.407 e. The number of carboxylic acid groups (broad SMARTS) is 1. The van der Waals surface area contributed by atoms with E-state index in [4.69, 9.17) is 16.3 Å². The van der Waals surface area contributed by atoms with Gasteiger partial charge in [0.1, 0.15) is 12.6 Å². The highest BCUT2D eigenvalue weighted by Gasteiger charge is 2.23. The standard InChI is InChI=1S/C21H22BrClN2O6/c22-17-7-6-15(23)8-14(17)9-18(20(28)29)25-19(27)10-16(26)11-24-21(30)31-12-13-4-2-1-3-5-13/h1-8,16,18,26H,9-12H2,(H,24,30)(H,25,27)(H,28,29)/t16-,18-/m0/s1. The number of carboxylic acids is 1. The molecule has 0 saturated carbocycles. The molecule has 0 heterocycles. The van der Waals surface area contributed by atoms with Gasteiger partial charge >= 0.3 is 12.1 Å². The number of amides is 2. The molecule has 0 bridgehead atoms. The maximum atomic E-state index is 12.1. The molecule has 166 valence electrons. The van der Waals surface area contributed by atoms with E-state index in [1.807, 2.05) is 18.2 Å². The van der Waals surface area contributed by atoms with Crippen LogP contribution in [0.15, 0.2) is 53.0 Å². The number of benzene rings is 2. The van der Waals surface area contributed by atoms with E-state index in [2.05, 4.69) is 26.6 Å². The molecule has 0 saturated heterocycles. The van der Waals surface area contributed by atoms with Gasteiger partial charge in [-0.25, -0.2) is 9.59 Å². The fourth-order valence-electron chi connectivity index (χ4n) is 2.63. The summed E-state index contributed by atoms with van der Waals surface area (Å²) in [7, 11) is 0. The van der Waals surface area contributed by atoms with Crippen molar-refractivity contribution in [2.45, 2.75) is 31.6 Å². The molecule has 2 atom stereocenters. The predicted octanol–water partition coefficient (Wildman–Crippen LogP) is 2.89. The van der Waals surface area contributed by atoms with E-state index < -0.39 is 30.1 Å². The second kappa shape index (κ2) is 12.3. The Morgan fingerprint density at radius 2 is 1.84 bits per heavy atom. The van der Waals surface area contributed by atoms with Crippen LogP contribution >= 0.6 is 27.5 Å². The summed E-state index contributed by atoms with van der Waals surface area (Å²) in [5.74, 6) is -1.89. The molecule has 2 aromatic rings. The average Bonchev–Trinajstić information content (AvgIpc) is 2.73. The molecule has 0 aliphatic heterocycles. The number of nitrogens with one attached hydrogen (secondary N) is 2. The summed E-state index contributed by atoms with van der Waals surface area (Å²) in [6.45, 7) is -0.152. The highest BCUT2D eigenvalue weighted by Crippen LogP contribution is 2.22. The lowest BCUT2D eigenvalue weighted by molar-refractivity contribution is -0.142. The quantitative estimate of drug-likeness (QED) is 0.387. The summed E-state index contributed by atoms with van der Waals surface area (Å²) in [6.07, 6.45) is -2.34. The van der Waals surface area contributed by atoms with E-state index in [9.17, 15) is 24.6 Å². The van der Waals surface area contributed by atoms with Crippen LogP contribution in [-0.4, -0.2) is 46.9 Å². The van der Waals surface area contributed by atoms with E-state index in [0.29, 0.717) is 15.1 Å². The molecule has 0 aliphatic rings. The zero-order chi connectivity index (χ0) is 22.8. The largest absolute Gasteiger partial charge is 0.480 e. The Morgan fingerprint density at radius 1 is 1.13 bits per heavy atom. The Kier molecular flexibility index (Phi) is 9.77.